The van der Waals surface area contributed by atoms with E-state index >= 15 is 0 Å². The molecule has 3 aromatic carbocycles. The van der Waals surface area contributed by atoms with Gasteiger partial charge in [-0.2, -0.15) is 0 Å². The molecular weight excluding hydrogens is 308 g/mol. The zero-order valence-electron chi connectivity index (χ0n) is 12.0. The van der Waals surface area contributed by atoms with Crippen LogP contribution in [0.2, 0.25) is 5.02 Å². The second-order valence-electron chi connectivity index (χ2n) is 5.79. The van der Waals surface area contributed by atoms with Gasteiger partial charge in [0.15, 0.2) is 0 Å². The quantitative estimate of drug-likeness (QED) is 0.466. The molecule has 2 heterocycles. The van der Waals surface area contributed by atoms with Crippen molar-refractivity contribution in [2.75, 3.05) is 0 Å². The Balaban J connectivity index is 2.24. The molecule has 0 unspecified atom stereocenters. The van der Waals surface area contributed by atoms with E-state index in [0.717, 1.165) is 38.1 Å². The molecule has 0 fully saturated rings. The molecule has 23 heavy (non-hydrogen) atoms. The van der Waals surface area contributed by atoms with Crippen molar-refractivity contribution in [3.05, 3.63) is 59.6 Å². The van der Waals surface area contributed by atoms with Gasteiger partial charge in [-0.25, -0.2) is 0 Å². The fraction of sp³-hybridized carbons (Fsp3) is 0. The SMILES string of the molecule is OB(O)c1ccc2c3ccccc3n3c4cccc(Cl)c4c1c23. The Hall–Kier alpha value is -2.27. The molecule has 5 heteroatoms. The van der Waals surface area contributed by atoms with Crippen LogP contribution in [0.1, 0.15) is 0 Å². The fourth-order valence-electron chi connectivity index (χ4n) is 3.75. The molecule has 0 amide bonds. The zero-order valence-corrected chi connectivity index (χ0v) is 12.7. The van der Waals surface area contributed by atoms with Crippen molar-refractivity contribution in [2.45, 2.75) is 0 Å². The van der Waals surface area contributed by atoms with Gasteiger partial charge in [0.25, 0.3) is 0 Å². The van der Waals surface area contributed by atoms with Crippen molar-refractivity contribution in [1.29, 1.82) is 0 Å². The fourth-order valence-corrected chi connectivity index (χ4v) is 4.01. The molecule has 0 radical (unpaired) electrons. The van der Waals surface area contributed by atoms with E-state index in [2.05, 4.69) is 16.5 Å². The van der Waals surface area contributed by atoms with E-state index in [1.54, 1.807) is 6.07 Å². The Bertz CT molecular complexity index is 1210. The van der Waals surface area contributed by atoms with Crippen molar-refractivity contribution in [1.82, 2.24) is 4.40 Å². The highest BCUT2D eigenvalue weighted by Gasteiger charge is 2.24. The number of halogens is 1. The Morgan fingerprint density at radius 2 is 1.57 bits per heavy atom. The van der Waals surface area contributed by atoms with Crippen molar-refractivity contribution < 1.29 is 10.0 Å². The first-order valence-corrected chi connectivity index (χ1v) is 7.77. The highest BCUT2D eigenvalue weighted by atomic mass is 35.5. The Kier molecular flexibility index (Phi) is 2.52. The van der Waals surface area contributed by atoms with Gasteiger partial charge in [0, 0.05) is 21.5 Å². The zero-order chi connectivity index (χ0) is 15.7. The minimum Gasteiger partial charge on any atom is -0.423 e. The normalized spacial score (nSPS) is 12.1. The topological polar surface area (TPSA) is 44.9 Å². The van der Waals surface area contributed by atoms with E-state index in [0.29, 0.717) is 10.5 Å². The molecule has 0 bridgehead atoms. The molecule has 0 spiro atoms. The molecule has 0 saturated carbocycles. The van der Waals surface area contributed by atoms with E-state index in [1.165, 1.54) is 0 Å². The van der Waals surface area contributed by atoms with Crippen LogP contribution in [0.5, 0.6) is 0 Å². The number of rotatable bonds is 1. The van der Waals surface area contributed by atoms with E-state index in [4.69, 9.17) is 11.6 Å². The van der Waals surface area contributed by atoms with E-state index < -0.39 is 7.12 Å². The van der Waals surface area contributed by atoms with Gasteiger partial charge in [-0.1, -0.05) is 48.0 Å². The van der Waals surface area contributed by atoms with Gasteiger partial charge < -0.3 is 14.4 Å². The summed E-state index contributed by atoms with van der Waals surface area (Å²) in [5, 5.41) is 24.2. The minimum atomic E-state index is -1.54. The largest absolute Gasteiger partial charge is 0.489 e. The molecule has 5 aromatic rings. The molecule has 110 valence electrons. The third-order valence-corrected chi connectivity index (χ3v) is 4.94. The summed E-state index contributed by atoms with van der Waals surface area (Å²) < 4.78 is 2.16. The summed E-state index contributed by atoms with van der Waals surface area (Å²) in [4.78, 5) is 0. The molecule has 0 aliphatic heterocycles. The lowest BCUT2D eigenvalue weighted by atomic mass is 9.77. The van der Waals surface area contributed by atoms with Gasteiger partial charge >= 0.3 is 7.12 Å². The standard InChI is InChI=1S/C18H11BClNO2/c20-13-5-3-7-15-17(13)16-12(19(22)23)9-8-11-10-4-1-2-6-14(10)21(15)18(11)16/h1-9,22-23H. The predicted octanol–water partition coefficient (Wildman–Crippen LogP) is 3.17. The maximum Gasteiger partial charge on any atom is 0.489 e. The first kappa shape index (κ1) is 13.2. The Labute approximate surface area is 136 Å². The maximum atomic E-state index is 9.81. The van der Waals surface area contributed by atoms with Crippen LogP contribution in [-0.2, 0) is 0 Å². The van der Waals surface area contributed by atoms with E-state index in [9.17, 15) is 10.0 Å². The third kappa shape index (κ3) is 1.53. The first-order chi connectivity index (χ1) is 11.2. The van der Waals surface area contributed by atoms with Crippen LogP contribution < -0.4 is 5.46 Å². The Morgan fingerprint density at radius 1 is 0.783 bits per heavy atom. The number of hydrogen-bond acceptors (Lipinski definition) is 2. The van der Waals surface area contributed by atoms with Gasteiger partial charge in [0.05, 0.1) is 21.6 Å². The first-order valence-electron chi connectivity index (χ1n) is 7.40. The third-order valence-electron chi connectivity index (χ3n) is 4.63. The van der Waals surface area contributed by atoms with Gasteiger partial charge in [-0.3, -0.25) is 0 Å². The number of fused-ring (bicyclic) bond motifs is 6. The van der Waals surface area contributed by atoms with Crippen LogP contribution in [-0.4, -0.2) is 21.6 Å². The average Bonchev–Trinajstić information content (AvgIpc) is 3.06. The van der Waals surface area contributed by atoms with Crippen LogP contribution in [0.3, 0.4) is 0 Å². The lowest BCUT2D eigenvalue weighted by molar-refractivity contribution is 0.426. The number of hydrogen-bond donors (Lipinski definition) is 2. The number of benzene rings is 3. The van der Waals surface area contributed by atoms with Crippen molar-refractivity contribution in [2.24, 2.45) is 0 Å². The summed E-state index contributed by atoms with van der Waals surface area (Å²) >= 11 is 6.45. The summed E-state index contributed by atoms with van der Waals surface area (Å²) in [6.45, 7) is 0. The molecule has 2 N–H and O–H groups in total. The Morgan fingerprint density at radius 3 is 2.39 bits per heavy atom. The molecule has 5 rings (SSSR count). The molecule has 0 aliphatic carbocycles. The molecule has 0 saturated heterocycles. The molecule has 3 nitrogen and oxygen atoms in total. The monoisotopic (exact) mass is 319 g/mol. The second kappa shape index (κ2) is 4.39. The summed E-state index contributed by atoms with van der Waals surface area (Å²) in [6.07, 6.45) is 0. The predicted molar refractivity (Wildman–Crippen MR) is 95.9 cm³/mol. The van der Waals surface area contributed by atoms with E-state index in [1.807, 2.05) is 36.4 Å². The molecule has 2 aromatic heterocycles. The lowest BCUT2D eigenvalue weighted by Gasteiger charge is -2.04. The van der Waals surface area contributed by atoms with Gasteiger partial charge in [-0.05, 0) is 23.7 Å². The molecular formula is C18H11BClNO2. The highest BCUT2D eigenvalue weighted by molar-refractivity contribution is 6.64. The number of para-hydroxylation sites is 1. The van der Waals surface area contributed by atoms with E-state index in [-0.39, 0.29) is 0 Å². The van der Waals surface area contributed by atoms with Crippen molar-refractivity contribution in [3.8, 4) is 0 Å². The summed E-state index contributed by atoms with van der Waals surface area (Å²) in [5.74, 6) is 0. The average molecular weight is 320 g/mol. The molecule has 0 atom stereocenters. The van der Waals surface area contributed by atoms with Crippen LogP contribution in [0.15, 0.2) is 54.6 Å². The minimum absolute atomic E-state index is 0.480. The van der Waals surface area contributed by atoms with Crippen molar-refractivity contribution in [3.63, 3.8) is 0 Å². The smallest absolute Gasteiger partial charge is 0.423 e. The summed E-state index contributed by atoms with van der Waals surface area (Å²) in [6, 6.07) is 17.7. The van der Waals surface area contributed by atoms with Gasteiger partial charge in [-0.15, -0.1) is 0 Å². The van der Waals surface area contributed by atoms with Crippen LogP contribution in [0.25, 0.3) is 38.1 Å². The van der Waals surface area contributed by atoms with Gasteiger partial charge in [0.2, 0.25) is 0 Å². The van der Waals surface area contributed by atoms with Gasteiger partial charge in [0.1, 0.15) is 0 Å². The highest BCUT2D eigenvalue weighted by Crippen LogP contribution is 2.40. The maximum absolute atomic E-state index is 9.81. The molecule has 0 aliphatic rings. The van der Waals surface area contributed by atoms with Crippen molar-refractivity contribution >= 4 is 62.3 Å². The number of nitrogens with zero attached hydrogens (tertiary/aromatic N) is 1. The summed E-state index contributed by atoms with van der Waals surface area (Å²) in [5.41, 5.74) is 3.54. The van der Waals surface area contributed by atoms with Crippen LogP contribution in [0, 0.1) is 0 Å². The summed E-state index contributed by atoms with van der Waals surface area (Å²) in [7, 11) is -1.54. The van der Waals surface area contributed by atoms with Crippen LogP contribution in [0.4, 0.5) is 0 Å². The van der Waals surface area contributed by atoms with Crippen LogP contribution >= 0.6 is 11.6 Å². The number of aromatic nitrogens is 1. The lowest BCUT2D eigenvalue weighted by Crippen LogP contribution is -2.30. The second-order valence-corrected chi connectivity index (χ2v) is 6.19.